The lowest BCUT2D eigenvalue weighted by Crippen LogP contribution is -2.14. The molecule has 1 atom stereocenters. The first-order valence-corrected chi connectivity index (χ1v) is 10.0. The monoisotopic (exact) mass is 443 g/mol. The maximum atomic E-state index is 12.5. The van der Waals surface area contributed by atoms with Gasteiger partial charge in [-0.1, -0.05) is 18.2 Å². The number of methoxy groups -OCH3 is 1. The fourth-order valence-corrected chi connectivity index (χ4v) is 3.32. The second kappa shape index (κ2) is 9.27. The van der Waals surface area contributed by atoms with Crippen LogP contribution >= 0.6 is 0 Å². The molecular formula is C23H21N7O3. The van der Waals surface area contributed by atoms with Gasteiger partial charge in [-0.05, 0) is 36.8 Å². The Morgan fingerprint density at radius 2 is 1.79 bits per heavy atom. The number of rotatable bonds is 7. The van der Waals surface area contributed by atoms with Crippen LogP contribution in [0.1, 0.15) is 39.2 Å². The number of carbonyl (C=O) groups excluding carboxylic acids is 2. The number of aromatic nitrogens is 4. The third-order valence-corrected chi connectivity index (χ3v) is 5.00. The van der Waals surface area contributed by atoms with Gasteiger partial charge < -0.3 is 21.1 Å². The summed E-state index contributed by atoms with van der Waals surface area (Å²) in [5.41, 5.74) is 8.12. The molecule has 0 unspecified atom stereocenters. The highest BCUT2D eigenvalue weighted by atomic mass is 16.5. The molecule has 0 aliphatic heterocycles. The lowest BCUT2D eigenvalue weighted by molar-refractivity contribution is 0.0998. The second-order valence-corrected chi connectivity index (χ2v) is 7.19. The van der Waals surface area contributed by atoms with E-state index in [1.54, 1.807) is 18.2 Å². The molecule has 2 aromatic carbocycles. The molecule has 33 heavy (non-hydrogen) atoms. The van der Waals surface area contributed by atoms with Crippen molar-refractivity contribution in [3.8, 4) is 6.01 Å². The molecule has 2 heterocycles. The van der Waals surface area contributed by atoms with Gasteiger partial charge in [0.2, 0.25) is 0 Å². The Morgan fingerprint density at radius 3 is 2.52 bits per heavy atom. The smallest absolute Gasteiger partial charge is 0.316 e. The average Bonchev–Trinajstić information content (AvgIpc) is 2.84. The highest BCUT2D eigenvalue weighted by Gasteiger charge is 2.14. The van der Waals surface area contributed by atoms with Crippen LogP contribution in [0.15, 0.2) is 61.2 Å². The summed E-state index contributed by atoms with van der Waals surface area (Å²) in [7, 11) is 1.46. The van der Waals surface area contributed by atoms with E-state index < -0.39 is 5.91 Å². The summed E-state index contributed by atoms with van der Waals surface area (Å²) in [6.45, 7) is 1.96. The van der Waals surface area contributed by atoms with Gasteiger partial charge >= 0.3 is 6.01 Å². The van der Waals surface area contributed by atoms with Crippen molar-refractivity contribution in [2.24, 2.45) is 5.73 Å². The Balaban J connectivity index is 1.53. The number of nitrogens with one attached hydrogen (secondary N) is 2. The number of para-hydroxylation sites is 1. The van der Waals surface area contributed by atoms with Gasteiger partial charge in [-0.3, -0.25) is 9.59 Å². The molecule has 0 fully saturated rings. The van der Waals surface area contributed by atoms with Crippen molar-refractivity contribution in [1.29, 1.82) is 0 Å². The van der Waals surface area contributed by atoms with Gasteiger partial charge in [-0.25, -0.2) is 19.9 Å². The fraction of sp³-hybridized carbons (Fsp3) is 0.130. The number of nitrogens with zero attached hydrogens (tertiary/aromatic N) is 4. The van der Waals surface area contributed by atoms with E-state index in [4.69, 9.17) is 10.5 Å². The van der Waals surface area contributed by atoms with E-state index >= 15 is 0 Å². The quantitative estimate of drug-likeness (QED) is 0.395. The van der Waals surface area contributed by atoms with Crippen molar-refractivity contribution in [2.45, 2.75) is 13.0 Å². The predicted octanol–water partition coefficient (Wildman–Crippen LogP) is 2.95. The molecular weight excluding hydrogens is 422 g/mol. The molecule has 0 bridgehead atoms. The molecule has 166 valence electrons. The molecule has 0 aliphatic rings. The largest absolute Gasteiger partial charge is 0.467 e. The molecule has 0 radical (unpaired) electrons. The first kappa shape index (κ1) is 21.6. The van der Waals surface area contributed by atoms with Crippen molar-refractivity contribution >= 4 is 34.2 Å². The van der Waals surface area contributed by atoms with E-state index in [0.717, 1.165) is 5.56 Å². The highest BCUT2D eigenvalue weighted by molar-refractivity contribution is 6.07. The van der Waals surface area contributed by atoms with Gasteiger partial charge in [0, 0.05) is 23.5 Å². The summed E-state index contributed by atoms with van der Waals surface area (Å²) in [4.78, 5) is 40.7. The van der Waals surface area contributed by atoms with E-state index in [-0.39, 0.29) is 18.0 Å². The van der Waals surface area contributed by atoms with Crippen molar-refractivity contribution in [2.75, 3.05) is 17.7 Å². The molecule has 2 amide bonds. The fourth-order valence-electron chi connectivity index (χ4n) is 3.32. The zero-order chi connectivity index (χ0) is 23.4. The van der Waals surface area contributed by atoms with E-state index in [1.807, 2.05) is 31.2 Å². The van der Waals surface area contributed by atoms with Crippen molar-refractivity contribution in [1.82, 2.24) is 19.9 Å². The van der Waals surface area contributed by atoms with Crippen LogP contribution in [0.3, 0.4) is 0 Å². The lowest BCUT2D eigenvalue weighted by Gasteiger charge is -2.17. The van der Waals surface area contributed by atoms with E-state index in [9.17, 15) is 9.59 Å². The van der Waals surface area contributed by atoms with Gasteiger partial charge in [0.15, 0.2) is 0 Å². The summed E-state index contributed by atoms with van der Waals surface area (Å²) in [6.07, 6.45) is 4.18. The molecule has 10 nitrogen and oxygen atoms in total. The maximum Gasteiger partial charge on any atom is 0.316 e. The van der Waals surface area contributed by atoms with Gasteiger partial charge in [0.25, 0.3) is 11.8 Å². The second-order valence-electron chi connectivity index (χ2n) is 7.19. The average molecular weight is 443 g/mol. The van der Waals surface area contributed by atoms with E-state index in [0.29, 0.717) is 33.5 Å². The van der Waals surface area contributed by atoms with Crippen LogP contribution in [0.5, 0.6) is 6.01 Å². The number of hydrogen-bond donors (Lipinski definition) is 3. The van der Waals surface area contributed by atoms with Crippen LogP contribution in [-0.2, 0) is 0 Å². The predicted molar refractivity (Wildman–Crippen MR) is 123 cm³/mol. The minimum Gasteiger partial charge on any atom is -0.467 e. The molecule has 0 saturated heterocycles. The van der Waals surface area contributed by atoms with Crippen molar-refractivity contribution in [3.05, 3.63) is 77.9 Å². The van der Waals surface area contributed by atoms with Gasteiger partial charge in [0.1, 0.15) is 12.1 Å². The van der Waals surface area contributed by atoms with Crippen LogP contribution in [0, 0.1) is 0 Å². The third kappa shape index (κ3) is 4.69. The summed E-state index contributed by atoms with van der Waals surface area (Å²) >= 11 is 0. The van der Waals surface area contributed by atoms with Gasteiger partial charge in [-0.2, -0.15) is 0 Å². The highest BCUT2D eigenvalue weighted by Crippen LogP contribution is 2.27. The third-order valence-electron chi connectivity index (χ3n) is 5.00. The Kier molecular flexibility index (Phi) is 6.07. The Hall–Kier alpha value is -4.60. The summed E-state index contributed by atoms with van der Waals surface area (Å²) in [5, 5.41) is 6.87. The molecule has 2 aromatic heterocycles. The number of carbonyl (C=O) groups is 2. The number of benzene rings is 2. The summed E-state index contributed by atoms with van der Waals surface area (Å²) < 4.78 is 4.91. The maximum absolute atomic E-state index is 12.5. The standard InChI is InChI=1S/C23H21N7O3/c1-13(29-21-18-8-4-7-17(20(24)31)19(18)27-12-28-21)14-5-3-6-16(9-14)30-22(32)15-10-25-23(33-2)26-11-15/h3-13H,1-2H3,(H2,24,31)(H,30,32)(H,27,28,29)/t13-/m1/s1. The Bertz CT molecular complexity index is 1330. The summed E-state index contributed by atoms with van der Waals surface area (Å²) in [6, 6.07) is 12.6. The first-order valence-electron chi connectivity index (χ1n) is 10.0. The molecule has 4 aromatic rings. The van der Waals surface area contributed by atoms with Crippen LogP contribution in [0.2, 0.25) is 0 Å². The van der Waals surface area contributed by atoms with E-state index in [2.05, 4.69) is 30.6 Å². The summed E-state index contributed by atoms with van der Waals surface area (Å²) in [5.74, 6) is -0.319. The lowest BCUT2D eigenvalue weighted by atomic mass is 10.1. The number of nitrogens with two attached hydrogens (primary N) is 1. The number of ether oxygens (including phenoxy) is 1. The van der Waals surface area contributed by atoms with Crippen LogP contribution < -0.4 is 21.1 Å². The molecule has 0 aliphatic carbocycles. The molecule has 4 rings (SSSR count). The number of amides is 2. The zero-order valence-electron chi connectivity index (χ0n) is 17.9. The molecule has 0 saturated carbocycles. The zero-order valence-corrected chi connectivity index (χ0v) is 17.9. The molecule has 4 N–H and O–H groups in total. The topological polar surface area (TPSA) is 145 Å². The Labute approximate surface area is 189 Å². The number of primary amides is 1. The van der Waals surface area contributed by atoms with Gasteiger partial charge in [0.05, 0.1) is 29.8 Å². The van der Waals surface area contributed by atoms with Crippen LogP contribution in [0.4, 0.5) is 11.5 Å². The minimum atomic E-state index is -0.552. The van der Waals surface area contributed by atoms with Crippen LogP contribution in [0.25, 0.3) is 10.9 Å². The number of hydrogen-bond acceptors (Lipinski definition) is 8. The van der Waals surface area contributed by atoms with Crippen LogP contribution in [-0.4, -0.2) is 38.9 Å². The normalized spacial score (nSPS) is 11.6. The van der Waals surface area contributed by atoms with Crippen molar-refractivity contribution in [3.63, 3.8) is 0 Å². The molecule has 10 heteroatoms. The van der Waals surface area contributed by atoms with E-state index in [1.165, 1.54) is 25.8 Å². The van der Waals surface area contributed by atoms with Gasteiger partial charge in [-0.15, -0.1) is 0 Å². The first-order chi connectivity index (χ1) is 16.0. The SMILES string of the molecule is COc1ncc(C(=O)Nc2cccc([C@@H](C)Nc3ncnc4c(C(N)=O)cccc34)c2)cn1. The molecule has 0 spiro atoms. The number of fused-ring (bicyclic) bond motifs is 1. The minimum absolute atomic E-state index is 0.165. The Morgan fingerprint density at radius 1 is 1.03 bits per heavy atom. The van der Waals surface area contributed by atoms with Crippen molar-refractivity contribution < 1.29 is 14.3 Å². The number of anilines is 2.